The van der Waals surface area contributed by atoms with Gasteiger partial charge in [-0.1, -0.05) is 6.07 Å². The van der Waals surface area contributed by atoms with Gasteiger partial charge in [-0.25, -0.2) is 0 Å². The average molecular weight is 290 g/mol. The van der Waals surface area contributed by atoms with Crippen molar-refractivity contribution in [1.82, 2.24) is 10.2 Å². The van der Waals surface area contributed by atoms with E-state index in [9.17, 15) is 4.79 Å². The highest BCUT2D eigenvalue weighted by molar-refractivity contribution is 5.76. The Balaban J connectivity index is 1.71. The number of nitrogens with zero attached hydrogens (tertiary/aromatic N) is 1. The summed E-state index contributed by atoms with van der Waals surface area (Å²) in [6.45, 7) is 9.46. The van der Waals surface area contributed by atoms with Crippen molar-refractivity contribution in [3.05, 3.63) is 29.3 Å². The summed E-state index contributed by atoms with van der Waals surface area (Å²) in [4.78, 5) is 14.1. The van der Waals surface area contributed by atoms with Crippen LogP contribution in [0.25, 0.3) is 0 Å². The van der Waals surface area contributed by atoms with E-state index in [1.807, 2.05) is 11.0 Å². The molecule has 2 rings (SSSR count). The third-order valence-corrected chi connectivity index (χ3v) is 4.10. The molecule has 0 bridgehead atoms. The molecular weight excluding hydrogens is 264 g/mol. The first-order chi connectivity index (χ1) is 10.1. The predicted octanol–water partition coefficient (Wildman–Crippen LogP) is 2.28. The van der Waals surface area contributed by atoms with Gasteiger partial charge < -0.3 is 15.0 Å². The molecule has 4 heteroatoms. The lowest BCUT2D eigenvalue weighted by atomic mass is 10.1. The maximum Gasteiger partial charge on any atom is 0.223 e. The highest BCUT2D eigenvalue weighted by Crippen LogP contribution is 2.16. The quantitative estimate of drug-likeness (QED) is 0.846. The van der Waals surface area contributed by atoms with E-state index in [-0.39, 0.29) is 5.91 Å². The van der Waals surface area contributed by atoms with E-state index in [4.69, 9.17) is 4.74 Å². The summed E-state index contributed by atoms with van der Waals surface area (Å²) in [7, 11) is 0. The SMILES string of the molecule is Cc1ccc(OCCCC(=O)N2CCNCC2C)cc1C. The molecule has 0 spiro atoms. The fraction of sp³-hybridized carbons (Fsp3) is 0.588. The Hall–Kier alpha value is -1.55. The van der Waals surface area contributed by atoms with Crippen molar-refractivity contribution in [2.45, 2.75) is 39.7 Å². The lowest BCUT2D eigenvalue weighted by Gasteiger charge is -2.34. The molecule has 1 amide bonds. The molecule has 1 heterocycles. The van der Waals surface area contributed by atoms with E-state index >= 15 is 0 Å². The summed E-state index contributed by atoms with van der Waals surface area (Å²) in [6.07, 6.45) is 1.33. The Kier molecular flexibility index (Phi) is 5.62. The molecule has 4 nitrogen and oxygen atoms in total. The largest absolute Gasteiger partial charge is 0.494 e. The molecule has 116 valence electrons. The number of hydrogen-bond donors (Lipinski definition) is 1. The Morgan fingerprint density at radius 1 is 1.38 bits per heavy atom. The van der Waals surface area contributed by atoms with E-state index in [0.717, 1.165) is 31.8 Å². The zero-order valence-corrected chi connectivity index (χ0v) is 13.3. The molecule has 0 aliphatic carbocycles. The van der Waals surface area contributed by atoms with Gasteiger partial charge in [0.05, 0.1) is 6.61 Å². The van der Waals surface area contributed by atoms with Gasteiger partial charge in [0.25, 0.3) is 0 Å². The summed E-state index contributed by atoms with van der Waals surface area (Å²) >= 11 is 0. The smallest absolute Gasteiger partial charge is 0.223 e. The highest BCUT2D eigenvalue weighted by Gasteiger charge is 2.22. The maximum atomic E-state index is 12.2. The van der Waals surface area contributed by atoms with Crippen LogP contribution in [0.1, 0.15) is 30.9 Å². The van der Waals surface area contributed by atoms with Crippen molar-refractivity contribution in [3.63, 3.8) is 0 Å². The van der Waals surface area contributed by atoms with Crippen LogP contribution in [-0.2, 0) is 4.79 Å². The monoisotopic (exact) mass is 290 g/mol. The van der Waals surface area contributed by atoms with Crippen molar-refractivity contribution in [3.8, 4) is 5.75 Å². The number of carbonyl (C=O) groups is 1. The van der Waals surface area contributed by atoms with E-state index in [2.05, 4.69) is 38.2 Å². The van der Waals surface area contributed by atoms with Crippen LogP contribution < -0.4 is 10.1 Å². The summed E-state index contributed by atoms with van der Waals surface area (Å²) in [5.74, 6) is 1.13. The first kappa shape index (κ1) is 15.8. The standard InChI is InChI=1S/C17H26N2O2/c1-13-6-7-16(11-14(13)2)21-10-4-5-17(20)19-9-8-18-12-15(19)3/h6-7,11,15,18H,4-5,8-10,12H2,1-3H3. The number of ether oxygens (including phenoxy) is 1. The number of nitrogens with one attached hydrogen (secondary N) is 1. The summed E-state index contributed by atoms with van der Waals surface area (Å²) in [5, 5.41) is 3.30. The minimum Gasteiger partial charge on any atom is -0.494 e. The normalized spacial score (nSPS) is 18.6. The van der Waals surface area contributed by atoms with E-state index < -0.39 is 0 Å². The van der Waals surface area contributed by atoms with Crippen LogP contribution in [0.3, 0.4) is 0 Å². The molecule has 1 aromatic carbocycles. The van der Waals surface area contributed by atoms with Gasteiger partial charge in [-0.15, -0.1) is 0 Å². The molecular formula is C17H26N2O2. The Morgan fingerprint density at radius 3 is 2.90 bits per heavy atom. The average Bonchev–Trinajstić information content (AvgIpc) is 2.47. The van der Waals surface area contributed by atoms with Gasteiger partial charge in [0.2, 0.25) is 5.91 Å². The van der Waals surface area contributed by atoms with Crippen LogP contribution in [0.5, 0.6) is 5.75 Å². The number of carbonyl (C=O) groups excluding carboxylic acids is 1. The van der Waals surface area contributed by atoms with E-state index in [1.54, 1.807) is 0 Å². The van der Waals surface area contributed by atoms with Gasteiger partial charge in [0.15, 0.2) is 0 Å². The fourth-order valence-corrected chi connectivity index (χ4v) is 2.57. The van der Waals surface area contributed by atoms with Crippen molar-refractivity contribution in [2.24, 2.45) is 0 Å². The van der Waals surface area contributed by atoms with E-state index in [1.165, 1.54) is 11.1 Å². The fourth-order valence-electron chi connectivity index (χ4n) is 2.57. The lowest BCUT2D eigenvalue weighted by Crippen LogP contribution is -2.52. The number of rotatable bonds is 5. The van der Waals surface area contributed by atoms with Crippen LogP contribution in [0.4, 0.5) is 0 Å². The summed E-state index contributed by atoms with van der Waals surface area (Å²) in [6, 6.07) is 6.41. The molecule has 0 radical (unpaired) electrons. The van der Waals surface area contributed by atoms with Gasteiger partial charge in [-0.3, -0.25) is 4.79 Å². The van der Waals surface area contributed by atoms with Crippen LogP contribution in [0, 0.1) is 13.8 Å². The van der Waals surface area contributed by atoms with Crippen LogP contribution >= 0.6 is 0 Å². The second-order valence-electron chi connectivity index (χ2n) is 5.84. The first-order valence-corrected chi connectivity index (χ1v) is 7.78. The minimum absolute atomic E-state index is 0.243. The second kappa shape index (κ2) is 7.46. The Labute approximate surface area is 127 Å². The molecule has 0 saturated carbocycles. The van der Waals surface area contributed by atoms with Gasteiger partial charge in [-0.05, 0) is 50.5 Å². The van der Waals surface area contributed by atoms with Crippen molar-refractivity contribution in [2.75, 3.05) is 26.2 Å². The molecule has 0 aromatic heterocycles. The maximum absolute atomic E-state index is 12.2. The van der Waals surface area contributed by atoms with Crippen molar-refractivity contribution >= 4 is 5.91 Å². The van der Waals surface area contributed by atoms with Crippen LogP contribution in [0.15, 0.2) is 18.2 Å². The van der Waals surface area contributed by atoms with E-state index in [0.29, 0.717) is 19.1 Å². The molecule has 1 aliphatic heterocycles. The highest BCUT2D eigenvalue weighted by atomic mass is 16.5. The van der Waals surface area contributed by atoms with Gasteiger partial charge in [-0.2, -0.15) is 0 Å². The molecule has 1 fully saturated rings. The van der Waals surface area contributed by atoms with Crippen molar-refractivity contribution in [1.29, 1.82) is 0 Å². The van der Waals surface area contributed by atoms with Crippen LogP contribution in [-0.4, -0.2) is 43.1 Å². The molecule has 1 aromatic rings. The topological polar surface area (TPSA) is 41.6 Å². The van der Waals surface area contributed by atoms with Gasteiger partial charge in [0.1, 0.15) is 5.75 Å². The lowest BCUT2D eigenvalue weighted by molar-refractivity contribution is -0.134. The molecule has 1 atom stereocenters. The molecule has 1 aliphatic rings. The molecule has 1 saturated heterocycles. The third kappa shape index (κ3) is 4.46. The zero-order valence-electron chi connectivity index (χ0n) is 13.3. The predicted molar refractivity (Wildman–Crippen MR) is 84.7 cm³/mol. The van der Waals surface area contributed by atoms with Gasteiger partial charge >= 0.3 is 0 Å². The zero-order chi connectivity index (χ0) is 15.2. The third-order valence-electron chi connectivity index (χ3n) is 4.10. The summed E-state index contributed by atoms with van der Waals surface area (Å²) < 4.78 is 5.72. The molecule has 21 heavy (non-hydrogen) atoms. The Bertz CT molecular complexity index is 488. The Morgan fingerprint density at radius 2 is 2.19 bits per heavy atom. The number of hydrogen-bond acceptors (Lipinski definition) is 3. The van der Waals surface area contributed by atoms with Gasteiger partial charge in [0, 0.05) is 32.1 Å². The minimum atomic E-state index is 0.243. The summed E-state index contributed by atoms with van der Waals surface area (Å²) in [5.41, 5.74) is 2.50. The van der Waals surface area contributed by atoms with Crippen LogP contribution in [0.2, 0.25) is 0 Å². The first-order valence-electron chi connectivity index (χ1n) is 7.78. The number of benzene rings is 1. The molecule has 1 unspecified atom stereocenters. The number of aryl methyl sites for hydroxylation is 2. The van der Waals surface area contributed by atoms with Crippen molar-refractivity contribution < 1.29 is 9.53 Å². The second-order valence-corrected chi connectivity index (χ2v) is 5.84. The molecule has 1 N–H and O–H groups in total. The number of piperazine rings is 1. The number of amides is 1.